The van der Waals surface area contributed by atoms with E-state index in [1.54, 1.807) is 12.1 Å². The van der Waals surface area contributed by atoms with Crippen LogP contribution in [0.1, 0.15) is 11.1 Å². The number of aryl methyl sites for hydroxylation is 2. The molecule has 0 aliphatic carbocycles. The first kappa shape index (κ1) is 35.8. The van der Waals surface area contributed by atoms with Crippen molar-refractivity contribution < 1.29 is 19.1 Å². The predicted octanol–water partition coefficient (Wildman–Crippen LogP) is 9.01. The number of benzene rings is 5. The van der Waals surface area contributed by atoms with Crippen LogP contribution >= 0.6 is 0 Å². The first-order chi connectivity index (χ1) is 25.4. The summed E-state index contributed by atoms with van der Waals surface area (Å²) in [6.45, 7) is 3.67. The summed E-state index contributed by atoms with van der Waals surface area (Å²) in [6.07, 6.45) is -1.18. The number of ether oxygens (including phenoxy) is 2. The predicted molar refractivity (Wildman–Crippen MR) is 207 cm³/mol. The van der Waals surface area contributed by atoms with E-state index in [0.717, 1.165) is 33.9 Å². The number of carbonyl (C=O) groups excluding carboxylic acids is 2. The Labute approximate surface area is 304 Å². The van der Waals surface area contributed by atoms with Crippen molar-refractivity contribution >= 4 is 46.3 Å². The quantitative estimate of drug-likeness (QED) is 0.126. The first-order valence-corrected chi connectivity index (χ1v) is 16.2. The maximum absolute atomic E-state index is 12.1. The summed E-state index contributed by atoms with van der Waals surface area (Å²) in [6, 6.07) is 48.2. The molecule has 5 rings (SSSR count). The van der Waals surface area contributed by atoms with Crippen molar-refractivity contribution in [3.8, 4) is 47.6 Å². The van der Waals surface area contributed by atoms with E-state index in [4.69, 9.17) is 9.47 Å². The first-order valence-electron chi connectivity index (χ1n) is 16.2. The van der Waals surface area contributed by atoms with Crippen LogP contribution in [0.25, 0.3) is 0 Å². The molecule has 254 valence electrons. The Morgan fingerprint density at radius 2 is 0.885 bits per heavy atom. The van der Waals surface area contributed by atoms with Crippen LogP contribution in [-0.2, 0) is 9.47 Å². The van der Waals surface area contributed by atoms with Crippen LogP contribution in [0.3, 0.4) is 0 Å². The van der Waals surface area contributed by atoms with Crippen LogP contribution in [0.4, 0.5) is 43.7 Å². The van der Waals surface area contributed by atoms with Gasteiger partial charge >= 0.3 is 12.2 Å². The van der Waals surface area contributed by atoms with Crippen LogP contribution in [0, 0.1) is 61.5 Å². The summed E-state index contributed by atoms with van der Waals surface area (Å²) < 4.78 is 10.3. The van der Waals surface area contributed by atoms with Crippen LogP contribution in [-0.4, -0.2) is 25.4 Å². The van der Waals surface area contributed by atoms with Crippen molar-refractivity contribution in [3.63, 3.8) is 0 Å². The van der Waals surface area contributed by atoms with E-state index in [1.807, 2.05) is 145 Å². The van der Waals surface area contributed by atoms with E-state index in [9.17, 15) is 9.59 Å². The molecule has 5 aromatic carbocycles. The molecular formula is C44H34N4O4. The molecule has 0 aliphatic heterocycles. The van der Waals surface area contributed by atoms with Crippen LogP contribution in [0.5, 0.6) is 0 Å². The summed E-state index contributed by atoms with van der Waals surface area (Å²) >= 11 is 0. The summed E-state index contributed by atoms with van der Waals surface area (Å²) in [5.74, 6) is 16.8. The molecule has 0 unspecified atom stereocenters. The minimum atomic E-state index is -0.590. The van der Waals surface area contributed by atoms with Crippen molar-refractivity contribution in [1.29, 1.82) is 0 Å². The Hall–Kier alpha value is -7.52. The molecule has 2 amide bonds. The second-order valence-corrected chi connectivity index (χ2v) is 11.1. The van der Waals surface area contributed by atoms with Gasteiger partial charge in [-0.2, -0.15) is 0 Å². The second-order valence-electron chi connectivity index (χ2n) is 11.1. The minimum absolute atomic E-state index is 0.108. The number of para-hydroxylation sites is 2. The van der Waals surface area contributed by atoms with Gasteiger partial charge in [-0.15, -0.1) is 0 Å². The van der Waals surface area contributed by atoms with Gasteiger partial charge in [0.2, 0.25) is 0 Å². The Morgan fingerprint density at radius 3 is 1.27 bits per heavy atom. The Bertz CT molecular complexity index is 2080. The zero-order valence-corrected chi connectivity index (χ0v) is 28.6. The minimum Gasteiger partial charge on any atom is -0.436 e. The van der Waals surface area contributed by atoms with Crippen LogP contribution in [0.2, 0.25) is 0 Å². The third-order valence-corrected chi connectivity index (χ3v) is 7.11. The van der Waals surface area contributed by atoms with E-state index in [1.165, 1.54) is 0 Å². The number of amides is 2. The average molecular weight is 683 g/mol. The number of nitrogens with one attached hydrogen (secondary N) is 2. The topological polar surface area (TPSA) is 83.1 Å². The highest BCUT2D eigenvalue weighted by Gasteiger charge is 2.10. The molecule has 8 nitrogen and oxygen atoms in total. The molecule has 0 fully saturated rings. The molecule has 0 atom stereocenters. The zero-order chi connectivity index (χ0) is 36.4. The Morgan fingerprint density at radius 1 is 0.500 bits per heavy atom. The number of nitrogens with zero attached hydrogens (tertiary/aromatic N) is 2. The second kappa shape index (κ2) is 18.9. The molecule has 2 N–H and O–H groups in total. The fourth-order valence-electron chi connectivity index (χ4n) is 4.75. The van der Waals surface area contributed by atoms with Gasteiger partial charge in [0.15, 0.2) is 13.2 Å². The van der Waals surface area contributed by atoms with Gasteiger partial charge in [-0.1, -0.05) is 60.7 Å². The molecule has 5 aromatic rings. The third-order valence-electron chi connectivity index (χ3n) is 7.11. The highest BCUT2D eigenvalue weighted by molar-refractivity contribution is 5.85. The molecule has 0 aromatic heterocycles. The monoisotopic (exact) mass is 682 g/mol. The molecule has 0 saturated carbocycles. The maximum atomic E-state index is 12.1. The van der Waals surface area contributed by atoms with Gasteiger partial charge in [0.1, 0.15) is 0 Å². The van der Waals surface area contributed by atoms with E-state index in [0.29, 0.717) is 11.4 Å². The van der Waals surface area contributed by atoms with Crippen molar-refractivity contribution in [2.45, 2.75) is 13.8 Å². The van der Waals surface area contributed by atoms with Crippen molar-refractivity contribution in [1.82, 2.24) is 0 Å². The normalized spacial score (nSPS) is 9.42. The lowest BCUT2D eigenvalue weighted by molar-refractivity contribution is 0.175. The summed E-state index contributed by atoms with van der Waals surface area (Å²) in [5.41, 5.74) is 6.67. The summed E-state index contributed by atoms with van der Waals surface area (Å²) in [5, 5.41) is 5.36. The number of hydrogen-bond acceptors (Lipinski definition) is 6. The van der Waals surface area contributed by atoms with Gasteiger partial charge < -0.3 is 9.47 Å². The average Bonchev–Trinajstić information content (AvgIpc) is 3.15. The SMILES string of the molecule is Cc1cccc(NC(=O)OCC#CC#CN(c2ccccc2)c2ccc(N(C#CC#CCOC(=O)Nc3cccc(C)c3)c3ccccc3)cc2)c1. The van der Waals surface area contributed by atoms with E-state index < -0.39 is 12.2 Å². The standard InChI is InChI=1S/C44H34N4O4/c1-35-17-15-19-37(33-35)45-43(49)51-31-13-5-11-29-47(39-21-7-3-8-22-39)41-25-27-42(28-26-41)48(40-23-9-4-10-24-40)30-12-6-14-32-52-44(50)46-38-20-16-18-36(2)34-38/h3-4,7-10,15-28,33-34H,31-32H2,1-2H3,(H,45,49)(H,46,50). The lowest BCUT2D eigenvalue weighted by Crippen LogP contribution is -2.13. The molecule has 0 radical (unpaired) electrons. The third kappa shape index (κ3) is 11.3. The lowest BCUT2D eigenvalue weighted by atomic mass is 10.2. The van der Waals surface area contributed by atoms with Gasteiger partial charge in [0.25, 0.3) is 0 Å². The van der Waals surface area contributed by atoms with E-state index in [2.05, 4.69) is 58.2 Å². The highest BCUT2D eigenvalue weighted by atomic mass is 16.6. The largest absolute Gasteiger partial charge is 0.436 e. The summed E-state index contributed by atoms with van der Waals surface area (Å²) in [4.78, 5) is 27.8. The molecule has 0 saturated heterocycles. The van der Waals surface area contributed by atoms with Gasteiger partial charge in [-0.05, 0) is 121 Å². The molecule has 0 aliphatic rings. The zero-order valence-electron chi connectivity index (χ0n) is 28.6. The number of rotatable bonds is 8. The Kier molecular flexibility index (Phi) is 13.0. The molecule has 0 heterocycles. The molecule has 0 spiro atoms. The number of carbonyl (C=O) groups is 2. The van der Waals surface area contributed by atoms with E-state index in [-0.39, 0.29) is 13.2 Å². The molecule has 8 heteroatoms. The number of hydrogen-bond donors (Lipinski definition) is 2. The van der Waals surface area contributed by atoms with Gasteiger partial charge in [0, 0.05) is 35.3 Å². The number of anilines is 6. The Balaban J connectivity index is 1.25. The fraction of sp³-hybridized carbons (Fsp3) is 0.0909. The van der Waals surface area contributed by atoms with Crippen LogP contribution in [0.15, 0.2) is 133 Å². The van der Waals surface area contributed by atoms with Gasteiger partial charge in [-0.25, -0.2) is 9.59 Å². The molecular weight excluding hydrogens is 649 g/mol. The summed E-state index contributed by atoms with van der Waals surface area (Å²) in [7, 11) is 0. The molecule has 0 bridgehead atoms. The van der Waals surface area contributed by atoms with E-state index >= 15 is 0 Å². The fourth-order valence-corrected chi connectivity index (χ4v) is 4.75. The highest BCUT2D eigenvalue weighted by Crippen LogP contribution is 2.29. The van der Waals surface area contributed by atoms with Crippen molar-refractivity contribution in [2.75, 3.05) is 33.6 Å². The van der Waals surface area contributed by atoms with Crippen molar-refractivity contribution in [3.05, 3.63) is 145 Å². The van der Waals surface area contributed by atoms with Crippen LogP contribution < -0.4 is 20.4 Å². The maximum Gasteiger partial charge on any atom is 0.412 e. The smallest absolute Gasteiger partial charge is 0.412 e. The van der Waals surface area contributed by atoms with Crippen molar-refractivity contribution in [2.24, 2.45) is 0 Å². The lowest BCUT2D eigenvalue weighted by Gasteiger charge is -2.21. The van der Waals surface area contributed by atoms with Gasteiger partial charge in [0.05, 0.1) is 22.7 Å². The molecule has 52 heavy (non-hydrogen) atoms. The van der Waals surface area contributed by atoms with Gasteiger partial charge in [-0.3, -0.25) is 20.4 Å².